The second-order valence-corrected chi connectivity index (χ2v) is 6.19. The van der Waals surface area contributed by atoms with E-state index in [1.54, 1.807) is 11.0 Å². The van der Waals surface area contributed by atoms with Crippen LogP contribution in [0.5, 0.6) is 0 Å². The summed E-state index contributed by atoms with van der Waals surface area (Å²) in [5.74, 6) is 2.28. The molecule has 0 bridgehead atoms. The van der Waals surface area contributed by atoms with Crippen molar-refractivity contribution in [3.05, 3.63) is 31.0 Å². The number of hydrogen-bond donors (Lipinski definition) is 1. The highest BCUT2D eigenvalue weighted by Crippen LogP contribution is 2.32. The largest absolute Gasteiger partial charge is 0.381 e. The zero-order chi connectivity index (χ0) is 14.7. The lowest BCUT2D eigenvalue weighted by Gasteiger charge is -2.35. The molecule has 1 aliphatic rings. The molecular formula is C16H23N5. The normalized spacial score (nSPS) is 22.4. The van der Waals surface area contributed by atoms with E-state index in [0.717, 1.165) is 23.3 Å². The lowest BCUT2D eigenvalue weighted by Crippen LogP contribution is -2.35. The number of nitrogens with one attached hydrogen (secondary N) is 1. The number of rotatable bonds is 4. The smallest absolute Gasteiger partial charge is 0.155 e. The van der Waals surface area contributed by atoms with Crippen LogP contribution >= 0.6 is 0 Å². The summed E-state index contributed by atoms with van der Waals surface area (Å²) in [6.45, 7) is 4.66. The zero-order valence-electron chi connectivity index (χ0n) is 12.7. The van der Waals surface area contributed by atoms with E-state index < -0.39 is 0 Å². The van der Waals surface area contributed by atoms with Crippen molar-refractivity contribution < 1.29 is 0 Å². The number of aromatic nitrogens is 4. The van der Waals surface area contributed by atoms with Crippen LogP contribution < -0.4 is 5.32 Å². The highest BCUT2D eigenvalue weighted by Gasteiger charge is 2.27. The van der Waals surface area contributed by atoms with Gasteiger partial charge in [0.05, 0.1) is 11.9 Å². The minimum atomic E-state index is 0.567. The maximum Gasteiger partial charge on any atom is 0.155 e. The fourth-order valence-electron chi connectivity index (χ4n) is 3.28. The molecule has 2 aromatic heterocycles. The Hall–Kier alpha value is -1.91. The fourth-order valence-corrected chi connectivity index (χ4v) is 3.28. The Morgan fingerprint density at radius 2 is 2.10 bits per heavy atom. The maximum atomic E-state index is 4.45. The first-order valence-electron chi connectivity index (χ1n) is 7.81. The Kier molecular flexibility index (Phi) is 4.18. The van der Waals surface area contributed by atoms with Gasteiger partial charge in [0.2, 0.25) is 0 Å². The molecule has 5 heteroatoms. The van der Waals surface area contributed by atoms with Gasteiger partial charge in [-0.2, -0.15) is 5.10 Å². The van der Waals surface area contributed by atoms with Crippen LogP contribution in [-0.2, 0) is 0 Å². The molecule has 1 fully saturated rings. The summed E-state index contributed by atoms with van der Waals surface area (Å²) in [4.78, 5) is 8.39. The molecule has 2 atom stereocenters. The van der Waals surface area contributed by atoms with Crippen molar-refractivity contribution in [1.29, 1.82) is 0 Å². The highest BCUT2D eigenvalue weighted by molar-refractivity contribution is 5.44. The van der Waals surface area contributed by atoms with Gasteiger partial charge in [-0.3, -0.25) is 0 Å². The van der Waals surface area contributed by atoms with Crippen molar-refractivity contribution in [2.75, 3.05) is 5.32 Å². The van der Waals surface area contributed by atoms with Gasteiger partial charge in [-0.05, 0) is 36.8 Å². The predicted molar refractivity (Wildman–Crippen MR) is 83.4 cm³/mol. The Morgan fingerprint density at radius 3 is 2.76 bits per heavy atom. The quantitative estimate of drug-likeness (QED) is 0.936. The molecule has 1 saturated carbocycles. The molecule has 5 nitrogen and oxygen atoms in total. The summed E-state index contributed by atoms with van der Waals surface area (Å²) in [5.41, 5.74) is 1.09. The Labute approximate surface area is 125 Å². The summed E-state index contributed by atoms with van der Waals surface area (Å²) >= 11 is 0. The fraction of sp³-hybridized carbons (Fsp3) is 0.562. The monoisotopic (exact) mass is 285 g/mol. The maximum absolute atomic E-state index is 4.45. The third-order valence-corrected chi connectivity index (χ3v) is 4.43. The van der Waals surface area contributed by atoms with Crippen molar-refractivity contribution >= 4 is 5.69 Å². The molecule has 0 radical (unpaired) electrons. The minimum Gasteiger partial charge on any atom is -0.381 e. The summed E-state index contributed by atoms with van der Waals surface area (Å²) in [5, 5.41) is 7.77. The van der Waals surface area contributed by atoms with Crippen LogP contribution in [0.4, 0.5) is 5.69 Å². The van der Waals surface area contributed by atoms with Crippen molar-refractivity contribution in [1.82, 2.24) is 19.7 Å². The van der Waals surface area contributed by atoms with Crippen LogP contribution in [0, 0.1) is 11.8 Å². The van der Waals surface area contributed by atoms with Crippen LogP contribution in [0.15, 0.2) is 31.0 Å². The molecule has 2 unspecified atom stereocenters. The van der Waals surface area contributed by atoms with E-state index in [9.17, 15) is 0 Å². The van der Waals surface area contributed by atoms with Gasteiger partial charge in [0, 0.05) is 6.04 Å². The van der Waals surface area contributed by atoms with E-state index in [0.29, 0.717) is 6.04 Å². The van der Waals surface area contributed by atoms with Gasteiger partial charge in [0.25, 0.3) is 0 Å². The standard InChI is InChI=1S/C16H23N5/c1-12(2)14-5-3-4-6-15(14)20-13-7-8-16(18-9-13)21-11-17-10-19-21/h7-12,14-15,20H,3-6H2,1-2H3. The first-order chi connectivity index (χ1) is 10.2. The van der Waals surface area contributed by atoms with Crippen LogP contribution in [0.2, 0.25) is 0 Å². The third kappa shape index (κ3) is 3.23. The summed E-state index contributed by atoms with van der Waals surface area (Å²) < 4.78 is 1.67. The van der Waals surface area contributed by atoms with Crippen molar-refractivity contribution in [3.8, 4) is 5.82 Å². The Morgan fingerprint density at radius 1 is 1.24 bits per heavy atom. The molecule has 21 heavy (non-hydrogen) atoms. The topological polar surface area (TPSA) is 55.6 Å². The SMILES string of the molecule is CC(C)C1CCCCC1Nc1ccc(-n2cncn2)nc1. The van der Waals surface area contributed by atoms with Gasteiger partial charge in [-0.15, -0.1) is 0 Å². The second-order valence-electron chi connectivity index (χ2n) is 6.19. The predicted octanol–water partition coefficient (Wildman–Crippen LogP) is 3.29. The van der Waals surface area contributed by atoms with E-state index in [4.69, 9.17) is 0 Å². The molecule has 3 rings (SSSR count). The minimum absolute atomic E-state index is 0.567. The molecule has 0 aliphatic heterocycles. The zero-order valence-corrected chi connectivity index (χ0v) is 12.7. The van der Waals surface area contributed by atoms with Gasteiger partial charge in [-0.25, -0.2) is 14.6 Å². The summed E-state index contributed by atoms with van der Waals surface area (Å²) in [7, 11) is 0. The molecule has 1 aliphatic carbocycles. The molecule has 1 N–H and O–H groups in total. The summed E-state index contributed by atoms with van der Waals surface area (Å²) in [6.07, 6.45) is 10.3. The number of hydrogen-bond acceptors (Lipinski definition) is 4. The lowest BCUT2D eigenvalue weighted by molar-refractivity contribution is 0.254. The molecule has 2 heterocycles. The molecule has 0 saturated heterocycles. The molecule has 2 aromatic rings. The first-order valence-corrected chi connectivity index (χ1v) is 7.81. The average Bonchev–Trinajstić information content (AvgIpc) is 3.03. The van der Waals surface area contributed by atoms with Crippen LogP contribution in [-0.4, -0.2) is 25.8 Å². The first kappa shape index (κ1) is 14.0. The number of nitrogens with zero attached hydrogens (tertiary/aromatic N) is 4. The van der Waals surface area contributed by atoms with Crippen molar-refractivity contribution in [2.24, 2.45) is 11.8 Å². The molecule has 0 amide bonds. The Bertz CT molecular complexity index is 547. The lowest BCUT2D eigenvalue weighted by atomic mass is 9.78. The van der Waals surface area contributed by atoms with E-state index in [1.807, 2.05) is 12.3 Å². The molecule has 112 valence electrons. The van der Waals surface area contributed by atoms with Gasteiger partial charge >= 0.3 is 0 Å². The van der Waals surface area contributed by atoms with Gasteiger partial charge in [0.15, 0.2) is 5.82 Å². The van der Waals surface area contributed by atoms with E-state index in [1.165, 1.54) is 32.0 Å². The summed E-state index contributed by atoms with van der Waals surface area (Å²) in [6, 6.07) is 4.62. The number of pyridine rings is 1. The van der Waals surface area contributed by atoms with E-state index in [-0.39, 0.29) is 0 Å². The third-order valence-electron chi connectivity index (χ3n) is 4.43. The van der Waals surface area contributed by atoms with Crippen LogP contribution in [0.25, 0.3) is 5.82 Å². The van der Waals surface area contributed by atoms with Crippen LogP contribution in [0.1, 0.15) is 39.5 Å². The van der Waals surface area contributed by atoms with Gasteiger partial charge in [0.1, 0.15) is 12.7 Å². The molecule has 0 aromatic carbocycles. The van der Waals surface area contributed by atoms with Gasteiger partial charge in [-0.1, -0.05) is 26.7 Å². The van der Waals surface area contributed by atoms with Gasteiger partial charge < -0.3 is 5.32 Å². The average molecular weight is 285 g/mol. The van der Waals surface area contributed by atoms with Crippen molar-refractivity contribution in [2.45, 2.75) is 45.6 Å². The van der Waals surface area contributed by atoms with Crippen molar-refractivity contribution in [3.63, 3.8) is 0 Å². The van der Waals surface area contributed by atoms with Crippen LogP contribution in [0.3, 0.4) is 0 Å². The molecular weight excluding hydrogens is 262 g/mol. The highest BCUT2D eigenvalue weighted by atomic mass is 15.3. The Balaban J connectivity index is 1.69. The second kappa shape index (κ2) is 6.24. The van der Waals surface area contributed by atoms with E-state index in [2.05, 4.69) is 40.3 Å². The number of anilines is 1. The van der Waals surface area contributed by atoms with E-state index >= 15 is 0 Å². The molecule has 0 spiro atoms.